The molecule has 1 aliphatic heterocycles. The van der Waals surface area contributed by atoms with E-state index >= 15 is 0 Å². The van der Waals surface area contributed by atoms with E-state index in [4.69, 9.17) is 4.74 Å². The molecule has 1 aliphatic rings. The minimum absolute atomic E-state index is 0.00676. The maximum atomic E-state index is 12.5. The highest BCUT2D eigenvalue weighted by molar-refractivity contribution is 9.10. The molecule has 1 unspecified atom stereocenters. The Morgan fingerprint density at radius 2 is 2.05 bits per heavy atom. The summed E-state index contributed by atoms with van der Waals surface area (Å²) in [6.45, 7) is 1.34. The van der Waals surface area contributed by atoms with Crippen LogP contribution in [0, 0.1) is 0 Å². The fourth-order valence-electron chi connectivity index (χ4n) is 1.69. The molecular weight excluding hydrogens is 345 g/mol. The van der Waals surface area contributed by atoms with Crippen LogP contribution < -0.4 is 0 Å². The van der Waals surface area contributed by atoms with Crippen molar-refractivity contribution in [1.82, 2.24) is 0 Å². The standard InChI is InChI=1S/C12H8BrF3O2S/c1-6-10(19-12(14,15)16)9(18-11(6)17)7-3-2-4-8(13)5-7/h2-5,9H,1H3. The van der Waals surface area contributed by atoms with Crippen molar-refractivity contribution in [3.05, 3.63) is 44.8 Å². The maximum Gasteiger partial charge on any atom is 0.446 e. The van der Waals surface area contributed by atoms with Gasteiger partial charge in [-0.1, -0.05) is 28.1 Å². The third kappa shape index (κ3) is 3.33. The van der Waals surface area contributed by atoms with Gasteiger partial charge < -0.3 is 4.74 Å². The summed E-state index contributed by atoms with van der Waals surface area (Å²) in [5.41, 5.74) is -3.94. The van der Waals surface area contributed by atoms with Crippen molar-refractivity contribution < 1.29 is 22.7 Å². The zero-order chi connectivity index (χ0) is 14.2. The van der Waals surface area contributed by atoms with E-state index < -0.39 is 17.6 Å². The maximum absolute atomic E-state index is 12.5. The lowest BCUT2D eigenvalue weighted by Crippen LogP contribution is -2.06. The highest BCUT2D eigenvalue weighted by Gasteiger charge is 2.41. The first-order chi connectivity index (χ1) is 8.78. The minimum Gasteiger partial charge on any atom is -0.449 e. The largest absolute Gasteiger partial charge is 0.449 e. The third-order valence-electron chi connectivity index (χ3n) is 2.52. The minimum atomic E-state index is -4.45. The summed E-state index contributed by atoms with van der Waals surface area (Å²) < 4.78 is 43.3. The quantitative estimate of drug-likeness (QED) is 0.729. The average molecular weight is 353 g/mol. The molecule has 1 heterocycles. The van der Waals surface area contributed by atoms with E-state index in [0.29, 0.717) is 10.0 Å². The number of hydrogen-bond acceptors (Lipinski definition) is 3. The molecule has 2 nitrogen and oxygen atoms in total. The molecule has 0 saturated heterocycles. The van der Waals surface area contributed by atoms with Crippen LogP contribution in [0.25, 0.3) is 0 Å². The molecule has 0 N–H and O–H groups in total. The molecule has 2 rings (SSSR count). The van der Waals surface area contributed by atoms with E-state index in [1.54, 1.807) is 24.3 Å². The number of thioether (sulfide) groups is 1. The van der Waals surface area contributed by atoms with E-state index in [-0.39, 0.29) is 22.2 Å². The second-order valence-electron chi connectivity index (χ2n) is 3.88. The highest BCUT2D eigenvalue weighted by Crippen LogP contribution is 2.48. The van der Waals surface area contributed by atoms with Crippen molar-refractivity contribution in [2.45, 2.75) is 18.5 Å². The van der Waals surface area contributed by atoms with Crippen molar-refractivity contribution in [2.24, 2.45) is 0 Å². The Balaban J connectivity index is 2.38. The Kier molecular flexibility index (Phi) is 3.96. The van der Waals surface area contributed by atoms with Crippen LogP contribution >= 0.6 is 27.7 Å². The lowest BCUT2D eigenvalue weighted by molar-refractivity contribution is -0.139. The van der Waals surface area contributed by atoms with E-state index in [0.717, 1.165) is 0 Å². The number of cyclic esters (lactones) is 1. The molecule has 19 heavy (non-hydrogen) atoms. The molecule has 1 aromatic carbocycles. The van der Waals surface area contributed by atoms with Gasteiger partial charge in [0.05, 0.1) is 0 Å². The van der Waals surface area contributed by atoms with E-state index in [2.05, 4.69) is 15.9 Å². The zero-order valence-electron chi connectivity index (χ0n) is 9.62. The number of ether oxygens (including phenoxy) is 1. The summed E-state index contributed by atoms with van der Waals surface area (Å²) in [7, 11) is 0. The topological polar surface area (TPSA) is 26.3 Å². The molecule has 102 valence electrons. The van der Waals surface area contributed by atoms with Gasteiger partial charge in [-0.25, -0.2) is 4.79 Å². The van der Waals surface area contributed by atoms with Crippen LogP contribution in [-0.4, -0.2) is 11.5 Å². The molecule has 0 spiro atoms. The Morgan fingerprint density at radius 3 is 2.63 bits per heavy atom. The molecule has 0 aromatic heterocycles. The number of esters is 1. The molecule has 0 radical (unpaired) electrons. The van der Waals surface area contributed by atoms with Gasteiger partial charge >= 0.3 is 11.5 Å². The molecule has 0 saturated carbocycles. The van der Waals surface area contributed by atoms with Crippen molar-refractivity contribution >= 4 is 33.7 Å². The summed E-state index contributed by atoms with van der Waals surface area (Å²) in [5.74, 6) is -0.711. The summed E-state index contributed by atoms with van der Waals surface area (Å²) in [5, 5.41) is 0. The first-order valence-electron chi connectivity index (χ1n) is 5.21. The van der Waals surface area contributed by atoms with Gasteiger partial charge in [-0.05, 0) is 36.4 Å². The molecule has 7 heteroatoms. The van der Waals surface area contributed by atoms with E-state index in [1.807, 2.05) is 0 Å². The number of carbonyl (C=O) groups is 1. The number of carbonyl (C=O) groups excluding carboxylic acids is 1. The molecule has 1 aromatic rings. The van der Waals surface area contributed by atoms with Crippen molar-refractivity contribution in [2.75, 3.05) is 0 Å². The summed E-state index contributed by atoms with van der Waals surface area (Å²) in [6, 6.07) is 6.68. The molecule has 0 amide bonds. The average Bonchev–Trinajstić information content (AvgIpc) is 2.55. The number of benzene rings is 1. The number of rotatable bonds is 2. The highest BCUT2D eigenvalue weighted by atomic mass is 79.9. The van der Waals surface area contributed by atoms with Gasteiger partial charge in [0.1, 0.15) is 0 Å². The predicted molar refractivity (Wildman–Crippen MR) is 69.3 cm³/mol. The molecular formula is C12H8BrF3O2S. The number of halogens is 4. The van der Waals surface area contributed by atoms with Crippen molar-refractivity contribution in [3.8, 4) is 0 Å². The fraction of sp³-hybridized carbons (Fsp3) is 0.250. The van der Waals surface area contributed by atoms with Crippen LogP contribution in [-0.2, 0) is 9.53 Å². The first kappa shape index (κ1) is 14.5. The van der Waals surface area contributed by atoms with Gasteiger partial charge in [0.15, 0.2) is 6.10 Å². The van der Waals surface area contributed by atoms with Crippen molar-refractivity contribution in [3.63, 3.8) is 0 Å². The van der Waals surface area contributed by atoms with Crippen LogP contribution in [0.3, 0.4) is 0 Å². The van der Waals surface area contributed by atoms with Gasteiger partial charge in [-0.15, -0.1) is 0 Å². The third-order valence-corrected chi connectivity index (χ3v) is 3.98. The number of alkyl halides is 3. The molecule has 1 atom stereocenters. The smallest absolute Gasteiger partial charge is 0.446 e. The van der Waals surface area contributed by atoms with Crippen LogP contribution in [0.4, 0.5) is 13.2 Å². The summed E-state index contributed by atoms with van der Waals surface area (Å²) in [4.78, 5) is 11.4. The van der Waals surface area contributed by atoms with Gasteiger partial charge in [0.25, 0.3) is 0 Å². The van der Waals surface area contributed by atoms with Gasteiger partial charge in [0, 0.05) is 15.0 Å². The number of hydrogen-bond donors (Lipinski definition) is 0. The SMILES string of the molecule is CC1=C(SC(F)(F)F)C(c2cccc(Br)c2)OC1=O. The van der Waals surface area contributed by atoms with E-state index in [9.17, 15) is 18.0 Å². The van der Waals surface area contributed by atoms with Gasteiger partial charge in [0.2, 0.25) is 0 Å². The summed E-state index contributed by atoms with van der Waals surface area (Å²) >= 11 is 2.94. The predicted octanol–water partition coefficient (Wildman–Crippen LogP) is 4.57. The van der Waals surface area contributed by atoms with Gasteiger partial charge in [-0.3, -0.25) is 0 Å². The molecule has 0 bridgehead atoms. The normalized spacial score (nSPS) is 19.8. The second kappa shape index (κ2) is 5.20. The zero-order valence-corrected chi connectivity index (χ0v) is 12.0. The first-order valence-corrected chi connectivity index (χ1v) is 6.82. The molecule has 0 aliphatic carbocycles. The van der Waals surface area contributed by atoms with E-state index in [1.165, 1.54) is 6.92 Å². The molecule has 0 fully saturated rings. The van der Waals surface area contributed by atoms with Crippen LogP contribution in [0.1, 0.15) is 18.6 Å². The van der Waals surface area contributed by atoms with Crippen molar-refractivity contribution in [1.29, 1.82) is 0 Å². The Bertz CT molecular complexity index is 554. The Labute approximate surface area is 120 Å². The summed E-state index contributed by atoms with van der Waals surface area (Å²) in [6.07, 6.45) is -0.989. The van der Waals surface area contributed by atoms with Crippen LogP contribution in [0.15, 0.2) is 39.2 Å². The Morgan fingerprint density at radius 1 is 1.37 bits per heavy atom. The van der Waals surface area contributed by atoms with Gasteiger partial charge in [-0.2, -0.15) is 13.2 Å². The van der Waals surface area contributed by atoms with Crippen LogP contribution in [0.2, 0.25) is 0 Å². The second-order valence-corrected chi connectivity index (χ2v) is 5.90. The Hall–Kier alpha value is -0.950. The lowest BCUT2D eigenvalue weighted by Gasteiger charge is -2.15. The lowest BCUT2D eigenvalue weighted by atomic mass is 10.1. The monoisotopic (exact) mass is 352 g/mol. The fourth-order valence-corrected chi connectivity index (χ4v) is 2.88. The van der Waals surface area contributed by atoms with Crippen LogP contribution in [0.5, 0.6) is 0 Å².